The first-order valence-corrected chi connectivity index (χ1v) is 13.1. The lowest BCUT2D eigenvalue weighted by Crippen LogP contribution is -2.43. The van der Waals surface area contributed by atoms with E-state index in [2.05, 4.69) is 10.0 Å². The second kappa shape index (κ2) is 10.9. The van der Waals surface area contributed by atoms with Crippen LogP contribution >= 0.6 is 0 Å². The predicted octanol–water partition coefficient (Wildman–Crippen LogP) is 3.70. The van der Waals surface area contributed by atoms with Crippen LogP contribution in [-0.4, -0.2) is 51.9 Å². The molecule has 0 aromatic heterocycles. The summed E-state index contributed by atoms with van der Waals surface area (Å²) in [4.78, 5) is 16.7. The summed E-state index contributed by atoms with van der Waals surface area (Å²) in [5, 5.41) is 3.27. The fraction of sp³-hybridized carbons (Fsp3) is 0.269. The quantitative estimate of drug-likeness (QED) is 0.497. The summed E-state index contributed by atoms with van der Waals surface area (Å²) in [6.07, 6.45) is 0. The molecule has 0 bridgehead atoms. The van der Waals surface area contributed by atoms with Crippen LogP contribution < -0.4 is 14.9 Å². The molecule has 0 atom stereocenters. The number of hydrogen-bond acceptors (Lipinski definition) is 5. The minimum Gasteiger partial charge on any atom is -0.367 e. The average molecular weight is 497 g/mol. The van der Waals surface area contributed by atoms with Gasteiger partial charge in [0.1, 0.15) is 10.7 Å². The smallest absolute Gasteiger partial charge is 0.264 e. The van der Waals surface area contributed by atoms with Gasteiger partial charge in [0.15, 0.2) is 0 Å². The molecule has 0 saturated carbocycles. The van der Waals surface area contributed by atoms with Gasteiger partial charge in [0.2, 0.25) is 0 Å². The minimum absolute atomic E-state index is 0.213. The molecule has 3 aromatic rings. The summed E-state index contributed by atoms with van der Waals surface area (Å²) in [5.74, 6) is -1.05. The van der Waals surface area contributed by atoms with Crippen LogP contribution in [0.1, 0.15) is 22.8 Å². The van der Waals surface area contributed by atoms with E-state index in [1.165, 1.54) is 18.2 Å². The van der Waals surface area contributed by atoms with Crippen molar-refractivity contribution in [1.29, 1.82) is 0 Å². The Morgan fingerprint density at radius 3 is 2.40 bits per heavy atom. The summed E-state index contributed by atoms with van der Waals surface area (Å²) < 4.78 is 43.0. The first-order valence-electron chi connectivity index (χ1n) is 11.6. The molecular formula is C26H29FN4O3S. The van der Waals surface area contributed by atoms with E-state index in [0.717, 1.165) is 24.7 Å². The van der Waals surface area contributed by atoms with Gasteiger partial charge >= 0.3 is 0 Å². The van der Waals surface area contributed by atoms with E-state index >= 15 is 0 Å². The van der Waals surface area contributed by atoms with E-state index in [0.29, 0.717) is 37.4 Å². The number of anilines is 2. The number of benzene rings is 3. The highest BCUT2D eigenvalue weighted by Crippen LogP contribution is 2.31. The Hall–Kier alpha value is -3.43. The fourth-order valence-corrected chi connectivity index (χ4v) is 5.25. The van der Waals surface area contributed by atoms with E-state index in [1.807, 2.05) is 42.2 Å². The Bertz CT molecular complexity index is 1280. The van der Waals surface area contributed by atoms with Crippen molar-refractivity contribution in [2.24, 2.45) is 0 Å². The molecule has 1 amide bonds. The van der Waals surface area contributed by atoms with Gasteiger partial charge in [-0.3, -0.25) is 9.52 Å². The minimum atomic E-state index is -4.21. The molecule has 3 aromatic carbocycles. The molecule has 1 heterocycles. The molecule has 7 nitrogen and oxygen atoms in total. The highest BCUT2D eigenvalue weighted by Gasteiger charge is 2.24. The normalized spacial score (nSPS) is 13.9. The zero-order chi connectivity index (χ0) is 24.8. The number of halogens is 1. The number of sulfonamides is 1. The maximum atomic E-state index is 14.3. The number of rotatable bonds is 8. The van der Waals surface area contributed by atoms with Crippen molar-refractivity contribution in [3.8, 4) is 0 Å². The molecule has 1 saturated heterocycles. The Kier molecular flexibility index (Phi) is 7.67. The van der Waals surface area contributed by atoms with Crippen molar-refractivity contribution in [1.82, 2.24) is 10.2 Å². The van der Waals surface area contributed by atoms with Crippen molar-refractivity contribution in [2.75, 3.05) is 42.3 Å². The molecule has 0 radical (unpaired) electrons. The van der Waals surface area contributed by atoms with Crippen LogP contribution in [0.4, 0.5) is 15.8 Å². The van der Waals surface area contributed by atoms with Gasteiger partial charge in [-0.1, -0.05) is 42.5 Å². The third-order valence-corrected chi connectivity index (χ3v) is 7.36. The molecule has 1 aliphatic rings. The lowest BCUT2D eigenvalue weighted by molar-refractivity contribution is 0.0752. The summed E-state index contributed by atoms with van der Waals surface area (Å²) in [6.45, 7) is 5.68. The molecule has 0 aliphatic carbocycles. The Labute approximate surface area is 205 Å². The van der Waals surface area contributed by atoms with Crippen molar-refractivity contribution in [3.05, 3.63) is 89.7 Å². The largest absolute Gasteiger partial charge is 0.367 e. The number of nitrogens with one attached hydrogen (secondary N) is 2. The molecular weight excluding hydrogens is 467 g/mol. The predicted molar refractivity (Wildman–Crippen MR) is 136 cm³/mol. The average Bonchev–Trinajstić information content (AvgIpc) is 2.88. The lowest BCUT2D eigenvalue weighted by atomic mass is 10.1. The second-order valence-electron chi connectivity index (χ2n) is 8.31. The molecule has 184 valence electrons. The highest BCUT2D eigenvalue weighted by atomic mass is 32.2. The number of nitrogens with zero attached hydrogens (tertiary/aromatic N) is 2. The van der Waals surface area contributed by atoms with Gasteiger partial charge in [-0.2, -0.15) is 0 Å². The summed E-state index contributed by atoms with van der Waals surface area (Å²) in [7, 11) is -4.21. The molecule has 35 heavy (non-hydrogen) atoms. The second-order valence-corrected chi connectivity index (χ2v) is 9.96. The Morgan fingerprint density at radius 2 is 1.71 bits per heavy atom. The van der Waals surface area contributed by atoms with Crippen LogP contribution in [-0.2, 0) is 16.6 Å². The Morgan fingerprint density at radius 1 is 1.03 bits per heavy atom. The van der Waals surface area contributed by atoms with E-state index in [-0.39, 0.29) is 11.6 Å². The van der Waals surface area contributed by atoms with Crippen molar-refractivity contribution in [2.45, 2.75) is 18.4 Å². The number of hydrogen-bond donors (Lipinski definition) is 2. The molecule has 1 fully saturated rings. The van der Waals surface area contributed by atoms with E-state index in [1.54, 1.807) is 23.1 Å². The monoisotopic (exact) mass is 496 g/mol. The number of carbonyl (C=O) groups excluding carboxylic acids is 1. The van der Waals surface area contributed by atoms with Crippen molar-refractivity contribution < 1.29 is 17.6 Å². The van der Waals surface area contributed by atoms with Crippen molar-refractivity contribution >= 4 is 27.3 Å². The zero-order valence-electron chi connectivity index (χ0n) is 19.6. The summed E-state index contributed by atoms with van der Waals surface area (Å²) in [5.41, 5.74) is 2.25. The summed E-state index contributed by atoms with van der Waals surface area (Å²) >= 11 is 0. The third-order valence-electron chi connectivity index (χ3n) is 5.96. The standard InChI is InChI=1S/C26H29FN4O3S/c1-2-30(19-20-8-4-3-5-9-20)26(32)21-12-13-24(31-16-14-28-15-17-31)23(18-21)29-35(33,34)25-11-7-6-10-22(25)27/h3-13,18,28-29H,2,14-17,19H2,1H3. The maximum Gasteiger partial charge on any atom is 0.264 e. The lowest BCUT2D eigenvalue weighted by Gasteiger charge is -2.31. The van der Waals surface area contributed by atoms with Crippen LogP contribution in [0, 0.1) is 5.82 Å². The number of piperazine rings is 1. The van der Waals surface area contributed by atoms with E-state index in [9.17, 15) is 17.6 Å². The first kappa shape index (κ1) is 24.7. The van der Waals surface area contributed by atoms with Gasteiger partial charge in [0, 0.05) is 44.8 Å². The van der Waals surface area contributed by atoms with E-state index in [4.69, 9.17) is 0 Å². The van der Waals surface area contributed by atoms with Gasteiger partial charge in [0.25, 0.3) is 15.9 Å². The van der Waals surface area contributed by atoms with Gasteiger partial charge in [-0.05, 0) is 42.8 Å². The van der Waals surface area contributed by atoms with Gasteiger partial charge in [-0.15, -0.1) is 0 Å². The Balaban J connectivity index is 1.69. The molecule has 0 unspecified atom stereocenters. The van der Waals surface area contributed by atoms with Crippen molar-refractivity contribution in [3.63, 3.8) is 0 Å². The first-order chi connectivity index (χ1) is 16.9. The van der Waals surface area contributed by atoms with Gasteiger partial charge < -0.3 is 15.1 Å². The number of carbonyl (C=O) groups is 1. The van der Waals surface area contributed by atoms with Gasteiger partial charge in [0.05, 0.1) is 11.4 Å². The molecule has 4 rings (SSSR count). The third kappa shape index (κ3) is 5.80. The molecule has 2 N–H and O–H groups in total. The summed E-state index contributed by atoms with van der Waals surface area (Å²) in [6, 6.07) is 19.9. The zero-order valence-corrected chi connectivity index (χ0v) is 20.4. The topological polar surface area (TPSA) is 81.8 Å². The molecule has 0 spiro atoms. The van der Waals surface area contributed by atoms with Crippen LogP contribution in [0.25, 0.3) is 0 Å². The van der Waals surface area contributed by atoms with Crippen LogP contribution in [0.5, 0.6) is 0 Å². The van der Waals surface area contributed by atoms with Crippen LogP contribution in [0.3, 0.4) is 0 Å². The van der Waals surface area contributed by atoms with Gasteiger partial charge in [-0.25, -0.2) is 12.8 Å². The van der Waals surface area contributed by atoms with Crippen LogP contribution in [0.2, 0.25) is 0 Å². The van der Waals surface area contributed by atoms with E-state index < -0.39 is 20.7 Å². The van der Waals surface area contributed by atoms with Crippen LogP contribution in [0.15, 0.2) is 77.7 Å². The highest BCUT2D eigenvalue weighted by molar-refractivity contribution is 7.92. The number of amides is 1. The maximum absolute atomic E-state index is 14.3. The fourth-order valence-electron chi connectivity index (χ4n) is 4.11. The molecule has 1 aliphatic heterocycles. The molecule has 9 heteroatoms. The SMILES string of the molecule is CCN(Cc1ccccc1)C(=O)c1ccc(N2CCNCC2)c(NS(=O)(=O)c2ccccc2F)c1.